The molecular weight excluding hydrogens is 330 g/mol. The zero-order chi connectivity index (χ0) is 19.6. The molecule has 1 fully saturated rings. The van der Waals surface area contributed by atoms with Crippen LogP contribution in [0.5, 0.6) is 0 Å². The van der Waals surface area contributed by atoms with Gasteiger partial charge < -0.3 is 4.90 Å². The highest BCUT2D eigenvalue weighted by Gasteiger charge is 2.21. The molecule has 0 bridgehead atoms. The van der Waals surface area contributed by atoms with Gasteiger partial charge in [0, 0.05) is 19.5 Å². The topological polar surface area (TPSA) is 20.3 Å². The number of carbonyl (C=O) groups is 1. The quantitative estimate of drug-likeness (QED) is 0.198. The van der Waals surface area contributed by atoms with Crippen molar-refractivity contribution in [2.75, 3.05) is 7.05 Å². The molecule has 1 aliphatic rings. The van der Waals surface area contributed by atoms with Gasteiger partial charge in [-0.15, -0.1) is 0 Å². The lowest BCUT2D eigenvalue weighted by Gasteiger charge is -2.31. The fourth-order valence-corrected chi connectivity index (χ4v) is 4.20. The Morgan fingerprint density at radius 2 is 1.30 bits per heavy atom. The summed E-state index contributed by atoms with van der Waals surface area (Å²) in [7, 11) is 2.02. The summed E-state index contributed by atoms with van der Waals surface area (Å²) < 4.78 is 0. The van der Waals surface area contributed by atoms with Gasteiger partial charge in [0.15, 0.2) is 0 Å². The first-order valence-electron chi connectivity index (χ1n) is 12.2. The summed E-state index contributed by atoms with van der Waals surface area (Å²) in [5.74, 6) is 0.375. The number of nitrogens with zero attached hydrogens (tertiary/aromatic N) is 1. The number of rotatable bonds is 16. The number of carbonyl (C=O) groups excluding carboxylic acids is 1. The Labute approximate surface area is 170 Å². The van der Waals surface area contributed by atoms with Gasteiger partial charge in [0.25, 0.3) is 0 Å². The van der Waals surface area contributed by atoms with Crippen LogP contribution >= 0.6 is 0 Å². The van der Waals surface area contributed by atoms with Crippen molar-refractivity contribution in [3.8, 4) is 0 Å². The molecule has 0 N–H and O–H groups in total. The van der Waals surface area contributed by atoms with Crippen molar-refractivity contribution < 1.29 is 4.79 Å². The average molecular weight is 378 g/mol. The third kappa shape index (κ3) is 13.1. The molecule has 1 rings (SSSR count). The monoisotopic (exact) mass is 377 g/mol. The van der Waals surface area contributed by atoms with Gasteiger partial charge in [-0.3, -0.25) is 4.79 Å². The molecule has 1 saturated carbocycles. The van der Waals surface area contributed by atoms with Crippen LogP contribution in [-0.2, 0) is 4.79 Å². The molecule has 158 valence electrons. The van der Waals surface area contributed by atoms with Crippen molar-refractivity contribution >= 4 is 5.91 Å². The van der Waals surface area contributed by atoms with E-state index in [0.717, 1.165) is 12.8 Å². The Bertz CT molecular complexity index is 371. The smallest absolute Gasteiger partial charge is 0.222 e. The van der Waals surface area contributed by atoms with Gasteiger partial charge >= 0.3 is 0 Å². The summed E-state index contributed by atoms with van der Waals surface area (Å²) in [6.45, 7) is 2.28. The highest BCUT2D eigenvalue weighted by molar-refractivity contribution is 5.76. The molecule has 0 aliphatic heterocycles. The third-order valence-corrected chi connectivity index (χ3v) is 6.17. The summed E-state index contributed by atoms with van der Waals surface area (Å²) in [5.41, 5.74) is 0. The van der Waals surface area contributed by atoms with Gasteiger partial charge in [-0.25, -0.2) is 0 Å². The van der Waals surface area contributed by atoms with Gasteiger partial charge in [0.2, 0.25) is 5.91 Å². The van der Waals surface area contributed by atoms with E-state index in [-0.39, 0.29) is 0 Å². The average Bonchev–Trinajstić information content (AvgIpc) is 2.70. The lowest BCUT2D eigenvalue weighted by molar-refractivity contribution is -0.132. The zero-order valence-corrected chi connectivity index (χ0v) is 18.5. The predicted octanol–water partition coefficient (Wildman–Crippen LogP) is 7.82. The fourth-order valence-electron chi connectivity index (χ4n) is 4.20. The Balaban J connectivity index is 1.85. The van der Waals surface area contributed by atoms with Crippen molar-refractivity contribution in [1.82, 2.24) is 4.90 Å². The second kappa shape index (κ2) is 17.3. The van der Waals surface area contributed by atoms with E-state index in [2.05, 4.69) is 19.1 Å². The minimum absolute atomic E-state index is 0.375. The standard InChI is InChI=1S/C25H47NO/c1-3-4-5-6-7-8-9-10-11-12-13-14-15-16-20-23-25(27)26(2)24-21-18-17-19-22-24/h10-11,24H,3-9,12-23H2,1-2H3. The maximum Gasteiger partial charge on any atom is 0.222 e. The molecule has 0 aromatic carbocycles. The maximum atomic E-state index is 12.3. The van der Waals surface area contributed by atoms with Crippen LogP contribution in [0.25, 0.3) is 0 Å². The molecule has 2 nitrogen and oxygen atoms in total. The molecule has 1 amide bonds. The van der Waals surface area contributed by atoms with E-state index >= 15 is 0 Å². The lowest BCUT2D eigenvalue weighted by Crippen LogP contribution is -2.38. The van der Waals surface area contributed by atoms with Crippen LogP contribution in [0.1, 0.15) is 129 Å². The molecule has 0 aromatic rings. The van der Waals surface area contributed by atoms with E-state index < -0.39 is 0 Å². The van der Waals surface area contributed by atoms with Crippen molar-refractivity contribution in [3.63, 3.8) is 0 Å². The van der Waals surface area contributed by atoms with Crippen LogP contribution in [0, 0.1) is 0 Å². The molecule has 0 spiro atoms. The van der Waals surface area contributed by atoms with Gasteiger partial charge in [0.1, 0.15) is 0 Å². The largest absolute Gasteiger partial charge is 0.343 e. The van der Waals surface area contributed by atoms with E-state index in [1.165, 1.54) is 109 Å². The van der Waals surface area contributed by atoms with Crippen LogP contribution in [0.15, 0.2) is 12.2 Å². The van der Waals surface area contributed by atoms with Crippen LogP contribution in [0.4, 0.5) is 0 Å². The molecule has 1 aliphatic carbocycles. The van der Waals surface area contributed by atoms with E-state index in [4.69, 9.17) is 0 Å². The number of unbranched alkanes of at least 4 members (excludes halogenated alkanes) is 11. The molecule has 0 radical (unpaired) electrons. The minimum atomic E-state index is 0.375. The second-order valence-corrected chi connectivity index (χ2v) is 8.63. The number of amides is 1. The molecular formula is C25H47NO. The van der Waals surface area contributed by atoms with Crippen molar-refractivity contribution in [1.29, 1.82) is 0 Å². The summed E-state index contributed by atoms with van der Waals surface area (Å²) in [4.78, 5) is 14.3. The molecule has 0 aromatic heterocycles. The first kappa shape index (κ1) is 24.2. The van der Waals surface area contributed by atoms with Crippen LogP contribution in [-0.4, -0.2) is 23.9 Å². The fraction of sp³-hybridized carbons (Fsp3) is 0.880. The van der Waals surface area contributed by atoms with Gasteiger partial charge in [0.05, 0.1) is 0 Å². The summed E-state index contributed by atoms with van der Waals surface area (Å²) in [6.07, 6.45) is 29.0. The summed E-state index contributed by atoms with van der Waals surface area (Å²) in [5, 5.41) is 0. The summed E-state index contributed by atoms with van der Waals surface area (Å²) >= 11 is 0. The Morgan fingerprint density at radius 1 is 0.778 bits per heavy atom. The van der Waals surface area contributed by atoms with Crippen molar-refractivity contribution in [2.24, 2.45) is 0 Å². The van der Waals surface area contributed by atoms with E-state index in [9.17, 15) is 4.79 Å². The Hall–Kier alpha value is -0.790. The lowest BCUT2D eigenvalue weighted by atomic mass is 9.94. The highest BCUT2D eigenvalue weighted by atomic mass is 16.2. The van der Waals surface area contributed by atoms with Gasteiger partial charge in [-0.05, 0) is 44.9 Å². The molecule has 0 heterocycles. The van der Waals surface area contributed by atoms with Gasteiger partial charge in [-0.2, -0.15) is 0 Å². The number of hydrogen-bond donors (Lipinski definition) is 0. The van der Waals surface area contributed by atoms with Crippen molar-refractivity contribution in [2.45, 2.75) is 135 Å². The number of allylic oxidation sites excluding steroid dienone is 2. The zero-order valence-electron chi connectivity index (χ0n) is 18.5. The van der Waals surface area contributed by atoms with Crippen LogP contribution < -0.4 is 0 Å². The van der Waals surface area contributed by atoms with E-state index in [1.54, 1.807) is 0 Å². The maximum absolute atomic E-state index is 12.3. The third-order valence-electron chi connectivity index (χ3n) is 6.17. The molecule has 0 unspecified atom stereocenters. The molecule has 0 atom stereocenters. The first-order valence-corrected chi connectivity index (χ1v) is 12.2. The number of hydrogen-bond acceptors (Lipinski definition) is 1. The molecule has 27 heavy (non-hydrogen) atoms. The molecule has 2 heteroatoms. The summed E-state index contributed by atoms with van der Waals surface area (Å²) in [6, 6.07) is 0.523. The predicted molar refractivity (Wildman–Crippen MR) is 119 cm³/mol. The van der Waals surface area contributed by atoms with E-state index in [0.29, 0.717) is 11.9 Å². The van der Waals surface area contributed by atoms with Crippen LogP contribution in [0.3, 0.4) is 0 Å². The SMILES string of the molecule is CCCCCCCCC=CCCCCCCCC(=O)N(C)C1CCCCC1. The highest BCUT2D eigenvalue weighted by Crippen LogP contribution is 2.22. The first-order chi connectivity index (χ1) is 13.3. The molecule has 0 saturated heterocycles. The normalized spacial score (nSPS) is 15.5. The Morgan fingerprint density at radius 3 is 1.89 bits per heavy atom. The second-order valence-electron chi connectivity index (χ2n) is 8.63. The Kier molecular flexibility index (Phi) is 15.6. The van der Waals surface area contributed by atoms with E-state index in [1.807, 2.05) is 11.9 Å². The van der Waals surface area contributed by atoms with Crippen molar-refractivity contribution in [3.05, 3.63) is 12.2 Å². The minimum Gasteiger partial charge on any atom is -0.343 e. The van der Waals surface area contributed by atoms with Crippen LogP contribution in [0.2, 0.25) is 0 Å². The van der Waals surface area contributed by atoms with Gasteiger partial charge in [-0.1, -0.05) is 89.7 Å².